The van der Waals surface area contributed by atoms with E-state index < -0.39 is 11.7 Å². The molecular formula is C14H17F3N2. The lowest BCUT2D eigenvalue weighted by Gasteiger charge is -2.30. The maximum absolute atomic E-state index is 12.5. The molecule has 0 aromatic heterocycles. The highest BCUT2D eigenvalue weighted by molar-refractivity contribution is 5.46. The summed E-state index contributed by atoms with van der Waals surface area (Å²) in [6.45, 7) is 0. The minimum Gasteiger partial charge on any atom is -0.382 e. The third-order valence-corrected chi connectivity index (χ3v) is 4.06. The van der Waals surface area contributed by atoms with Gasteiger partial charge in [0.2, 0.25) is 0 Å². The second-order valence-corrected chi connectivity index (χ2v) is 5.53. The number of hydrogen-bond acceptors (Lipinski definition) is 2. The molecule has 0 aliphatic carbocycles. The minimum absolute atomic E-state index is 0.371. The van der Waals surface area contributed by atoms with E-state index in [-0.39, 0.29) is 0 Å². The number of piperidine rings is 1. The summed E-state index contributed by atoms with van der Waals surface area (Å²) < 4.78 is 37.4. The molecule has 2 unspecified atom stereocenters. The van der Waals surface area contributed by atoms with E-state index in [4.69, 9.17) is 0 Å². The van der Waals surface area contributed by atoms with E-state index in [9.17, 15) is 13.2 Å². The van der Waals surface area contributed by atoms with Crippen molar-refractivity contribution in [2.24, 2.45) is 0 Å². The quantitative estimate of drug-likeness (QED) is 0.860. The van der Waals surface area contributed by atoms with Crippen LogP contribution in [0, 0.1) is 0 Å². The van der Waals surface area contributed by atoms with Crippen LogP contribution in [0.25, 0.3) is 0 Å². The Kier molecular flexibility index (Phi) is 3.17. The summed E-state index contributed by atoms with van der Waals surface area (Å²) in [6, 6.07) is 6.84. The fraction of sp³-hybridized carbons (Fsp3) is 0.571. The molecule has 0 spiro atoms. The van der Waals surface area contributed by atoms with Crippen molar-refractivity contribution in [3.8, 4) is 0 Å². The summed E-state index contributed by atoms with van der Waals surface area (Å²) in [5.74, 6) is 0. The highest BCUT2D eigenvalue weighted by Gasteiger charge is 2.33. The Morgan fingerprint density at radius 2 is 1.58 bits per heavy atom. The molecule has 19 heavy (non-hydrogen) atoms. The highest BCUT2D eigenvalue weighted by Crippen LogP contribution is 2.31. The van der Waals surface area contributed by atoms with E-state index in [1.807, 2.05) is 0 Å². The van der Waals surface area contributed by atoms with Crippen LogP contribution in [0.1, 0.15) is 31.2 Å². The topological polar surface area (TPSA) is 24.1 Å². The number of alkyl halides is 3. The van der Waals surface area contributed by atoms with E-state index in [1.165, 1.54) is 25.0 Å². The number of rotatable bonds is 2. The van der Waals surface area contributed by atoms with Crippen LogP contribution in [-0.4, -0.2) is 18.1 Å². The monoisotopic (exact) mass is 270 g/mol. The van der Waals surface area contributed by atoms with Crippen LogP contribution in [0.4, 0.5) is 18.9 Å². The molecule has 2 bridgehead atoms. The Bertz CT molecular complexity index is 429. The van der Waals surface area contributed by atoms with Gasteiger partial charge in [-0.2, -0.15) is 13.2 Å². The average Bonchev–Trinajstić information content (AvgIpc) is 2.68. The summed E-state index contributed by atoms with van der Waals surface area (Å²) in [5, 5.41) is 6.90. The van der Waals surface area contributed by atoms with Crippen molar-refractivity contribution < 1.29 is 13.2 Å². The lowest BCUT2D eigenvalue weighted by Crippen LogP contribution is -2.43. The SMILES string of the molecule is FC(F)(F)c1ccc(NC2CC3CCC(C2)N3)cc1. The van der Waals surface area contributed by atoms with Gasteiger partial charge in [0.1, 0.15) is 0 Å². The number of nitrogens with one attached hydrogen (secondary N) is 2. The van der Waals surface area contributed by atoms with E-state index >= 15 is 0 Å². The van der Waals surface area contributed by atoms with Gasteiger partial charge in [-0.1, -0.05) is 0 Å². The first-order valence-corrected chi connectivity index (χ1v) is 6.70. The molecule has 2 atom stereocenters. The van der Waals surface area contributed by atoms with Gasteiger partial charge in [0, 0.05) is 23.8 Å². The van der Waals surface area contributed by atoms with E-state index in [1.54, 1.807) is 0 Å². The van der Waals surface area contributed by atoms with E-state index in [2.05, 4.69) is 10.6 Å². The molecule has 2 fully saturated rings. The molecule has 1 aromatic carbocycles. The molecule has 1 aromatic rings. The molecular weight excluding hydrogens is 253 g/mol. The second-order valence-electron chi connectivity index (χ2n) is 5.53. The number of benzene rings is 1. The second kappa shape index (κ2) is 4.71. The third-order valence-electron chi connectivity index (χ3n) is 4.06. The normalized spacial score (nSPS) is 30.4. The smallest absolute Gasteiger partial charge is 0.382 e. The van der Waals surface area contributed by atoms with Crippen molar-refractivity contribution in [3.05, 3.63) is 29.8 Å². The molecule has 2 heterocycles. The van der Waals surface area contributed by atoms with Crippen LogP contribution in [-0.2, 0) is 6.18 Å². The fourth-order valence-corrected chi connectivity index (χ4v) is 3.17. The number of fused-ring (bicyclic) bond motifs is 2. The van der Waals surface area contributed by atoms with Crippen molar-refractivity contribution >= 4 is 5.69 Å². The average molecular weight is 270 g/mol. The lowest BCUT2D eigenvalue weighted by molar-refractivity contribution is -0.137. The molecule has 2 aliphatic rings. The summed E-state index contributed by atoms with van der Waals surface area (Å²) in [7, 11) is 0. The van der Waals surface area contributed by atoms with Crippen LogP contribution in [0.2, 0.25) is 0 Å². The molecule has 2 aliphatic heterocycles. The molecule has 5 heteroatoms. The Morgan fingerprint density at radius 3 is 2.11 bits per heavy atom. The highest BCUT2D eigenvalue weighted by atomic mass is 19.4. The predicted molar refractivity (Wildman–Crippen MR) is 68.0 cm³/mol. The zero-order valence-corrected chi connectivity index (χ0v) is 10.5. The van der Waals surface area contributed by atoms with Crippen molar-refractivity contribution in [1.82, 2.24) is 5.32 Å². The predicted octanol–water partition coefficient (Wildman–Crippen LogP) is 3.40. The standard InChI is InChI=1S/C14H17F3N2/c15-14(16,17)9-1-3-10(4-2-9)18-13-7-11-5-6-12(8-13)19-11/h1-4,11-13,18-19H,5-8H2. The summed E-state index contributed by atoms with van der Waals surface area (Å²) in [6.07, 6.45) is 0.285. The van der Waals surface area contributed by atoms with Gasteiger partial charge in [-0.05, 0) is 49.9 Å². The first-order valence-electron chi connectivity index (χ1n) is 6.70. The third kappa shape index (κ3) is 2.86. The molecule has 3 rings (SSSR count). The maximum Gasteiger partial charge on any atom is 0.416 e. The minimum atomic E-state index is -4.26. The van der Waals surface area contributed by atoms with Crippen molar-refractivity contribution in [2.75, 3.05) is 5.32 Å². The Labute approximate surface area is 110 Å². The van der Waals surface area contributed by atoms with Crippen molar-refractivity contribution in [3.63, 3.8) is 0 Å². The summed E-state index contributed by atoms with van der Waals surface area (Å²) in [4.78, 5) is 0. The molecule has 104 valence electrons. The van der Waals surface area contributed by atoms with Crippen LogP contribution in [0.3, 0.4) is 0 Å². The Balaban J connectivity index is 1.64. The van der Waals surface area contributed by atoms with Crippen molar-refractivity contribution in [2.45, 2.75) is 50.0 Å². The molecule has 2 saturated heterocycles. The zero-order chi connectivity index (χ0) is 13.5. The van der Waals surface area contributed by atoms with Crippen LogP contribution >= 0.6 is 0 Å². The molecule has 0 saturated carbocycles. The maximum atomic E-state index is 12.5. The molecule has 2 N–H and O–H groups in total. The first-order chi connectivity index (χ1) is 9.00. The van der Waals surface area contributed by atoms with Crippen LogP contribution < -0.4 is 10.6 Å². The number of hydrogen-bond donors (Lipinski definition) is 2. The molecule has 0 amide bonds. The Hall–Kier alpha value is -1.23. The zero-order valence-electron chi connectivity index (χ0n) is 10.5. The van der Waals surface area contributed by atoms with Gasteiger partial charge in [0.25, 0.3) is 0 Å². The fourth-order valence-electron chi connectivity index (χ4n) is 3.17. The van der Waals surface area contributed by atoms with Gasteiger partial charge in [-0.15, -0.1) is 0 Å². The van der Waals surface area contributed by atoms with Gasteiger partial charge < -0.3 is 10.6 Å². The first kappa shape index (κ1) is 12.8. The largest absolute Gasteiger partial charge is 0.416 e. The lowest BCUT2D eigenvalue weighted by atomic mass is 9.99. The van der Waals surface area contributed by atoms with Gasteiger partial charge in [0.05, 0.1) is 5.56 Å². The van der Waals surface area contributed by atoms with E-state index in [0.29, 0.717) is 18.1 Å². The molecule has 2 nitrogen and oxygen atoms in total. The van der Waals surface area contributed by atoms with Crippen LogP contribution in [0.5, 0.6) is 0 Å². The van der Waals surface area contributed by atoms with E-state index in [0.717, 1.165) is 30.7 Å². The number of halogens is 3. The molecule has 0 radical (unpaired) electrons. The van der Waals surface area contributed by atoms with Gasteiger partial charge in [0.15, 0.2) is 0 Å². The Morgan fingerprint density at radius 1 is 1.00 bits per heavy atom. The van der Waals surface area contributed by atoms with Gasteiger partial charge >= 0.3 is 6.18 Å². The summed E-state index contributed by atoms with van der Waals surface area (Å²) >= 11 is 0. The summed E-state index contributed by atoms with van der Waals surface area (Å²) in [5.41, 5.74) is 0.183. The van der Waals surface area contributed by atoms with Crippen LogP contribution in [0.15, 0.2) is 24.3 Å². The van der Waals surface area contributed by atoms with Gasteiger partial charge in [-0.25, -0.2) is 0 Å². The van der Waals surface area contributed by atoms with Crippen molar-refractivity contribution in [1.29, 1.82) is 0 Å². The number of anilines is 1. The van der Waals surface area contributed by atoms with Gasteiger partial charge in [-0.3, -0.25) is 0 Å².